The summed E-state index contributed by atoms with van der Waals surface area (Å²) in [5.41, 5.74) is 1.15. The molecule has 2 heterocycles. The van der Waals surface area contributed by atoms with Gasteiger partial charge in [0.15, 0.2) is 0 Å². The van der Waals surface area contributed by atoms with Crippen LogP contribution in [0.4, 0.5) is 5.69 Å². The Hall–Kier alpha value is -2.41. The standard InChI is InChI=1S/C20H27N3O4/c1-2-18(24)21-17-7-3-5-15(13-17)19(25)23-8-4-6-16(14-23)20(26)22-9-11-27-12-10-22/h3,5,7,13,16H,2,4,6,8-12,14H2,1H3,(H,21,24). The van der Waals surface area contributed by atoms with Crippen molar-refractivity contribution >= 4 is 23.4 Å². The predicted molar refractivity (Wildman–Crippen MR) is 101 cm³/mol. The largest absolute Gasteiger partial charge is 0.378 e. The zero-order valence-corrected chi connectivity index (χ0v) is 15.8. The Balaban J connectivity index is 1.65. The topological polar surface area (TPSA) is 79.0 Å². The van der Waals surface area contributed by atoms with Crippen LogP contribution in [0.2, 0.25) is 0 Å². The van der Waals surface area contributed by atoms with E-state index >= 15 is 0 Å². The first kappa shape index (κ1) is 19.4. The van der Waals surface area contributed by atoms with Gasteiger partial charge in [-0.1, -0.05) is 13.0 Å². The molecule has 1 aromatic carbocycles. The van der Waals surface area contributed by atoms with E-state index in [0.29, 0.717) is 57.1 Å². The zero-order chi connectivity index (χ0) is 19.2. The third-order valence-electron chi connectivity index (χ3n) is 5.09. The van der Waals surface area contributed by atoms with Gasteiger partial charge in [-0.25, -0.2) is 0 Å². The fourth-order valence-electron chi connectivity index (χ4n) is 3.57. The normalized spacial score (nSPS) is 20.3. The molecule has 2 aliphatic heterocycles. The Kier molecular flexibility index (Phi) is 6.45. The maximum absolute atomic E-state index is 12.9. The second-order valence-electron chi connectivity index (χ2n) is 7.01. The Morgan fingerprint density at radius 2 is 1.93 bits per heavy atom. The van der Waals surface area contributed by atoms with Crippen LogP contribution in [0.15, 0.2) is 24.3 Å². The Labute approximate surface area is 159 Å². The van der Waals surface area contributed by atoms with Gasteiger partial charge in [0, 0.05) is 43.9 Å². The molecule has 1 aromatic rings. The van der Waals surface area contributed by atoms with Gasteiger partial charge in [0.1, 0.15) is 0 Å². The summed E-state index contributed by atoms with van der Waals surface area (Å²) in [6, 6.07) is 6.98. The summed E-state index contributed by atoms with van der Waals surface area (Å²) in [5, 5.41) is 2.78. The molecule has 0 aromatic heterocycles. The van der Waals surface area contributed by atoms with Crippen molar-refractivity contribution < 1.29 is 19.1 Å². The molecule has 27 heavy (non-hydrogen) atoms. The number of anilines is 1. The van der Waals surface area contributed by atoms with Crippen LogP contribution < -0.4 is 5.32 Å². The maximum atomic E-state index is 12.9. The van der Waals surface area contributed by atoms with Gasteiger partial charge in [0.05, 0.1) is 19.1 Å². The van der Waals surface area contributed by atoms with Crippen molar-refractivity contribution in [3.8, 4) is 0 Å². The van der Waals surface area contributed by atoms with Gasteiger partial charge in [0.2, 0.25) is 11.8 Å². The molecule has 7 heteroatoms. The molecule has 0 aliphatic carbocycles. The highest BCUT2D eigenvalue weighted by atomic mass is 16.5. The van der Waals surface area contributed by atoms with E-state index in [1.807, 2.05) is 4.90 Å². The second-order valence-corrected chi connectivity index (χ2v) is 7.01. The molecule has 2 fully saturated rings. The highest BCUT2D eigenvalue weighted by Crippen LogP contribution is 2.22. The van der Waals surface area contributed by atoms with Crippen molar-refractivity contribution in [1.29, 1.82) is 0 Å². The van der Waals surface area contributed by atoms with Crippen molar-refractivity contribution in [3.05, 3.63) is 29.8 Å². The molecular weight excluding hydrogens is 346 g/mol. The highest BCUT2D eigenvalue weighted by Gasteiger charge is 2.32. The highest BCUT2D eigenvalue weighted by molar-refractivity contribution is 5.97. The van der Waals surface area contributed by atoms with Crippen LogP contribution in [0.3, 0.4) is 0 Å². The molecule has 1 N–H and O–H groups in total. The number of morpholine rings is 1. The molecule has 2 aliphatic rings. The maximum Gasteiger partial charge on any atom is 0.253 e. The van der Waals surface area contributed by atoms with Crippen LogP contribution in [0.25, 0.3) is 0 Å². The number of carbonyl (C=O) groups is 3. The molecule has 1 atom stereocenters. The van der Waals surface area contributed by atoms with Gasteiger partial charge in [-0.15, -0.1) is 0 Å². The number of nitrogens with one attached hydrogen (secondary N) is 1. The van der Waals surface area contributed by atoms with Crippen molar-refractivity contribution in [2.75, 3.05) is 44.7 Å². The first-order valence-electron chi connectivity index (χ1n) is 9.64. The zero-order valence-electron chi connectivity index (χ0n) is 15.8. The molecule has 3 amide bonds. The Morgan fingerprint density at radius 3 is 2.67 bits per heavy atom. The SMILES string of the molecule is CCC(=O)Nc1cccc(C(=O)N2CCCC(C(=O)N3CCOCC3)C2)c1. The molecular formula is C20H27N3O4. The van der Waals surface area contributed by atoms with E-state index in [1.54, 1.807) is 36.1 Å². The van der Waals surface area contributed by atoms with Crippen LogP contribution in [0.1, 0.15) is 36.5 Å². The lowest BCUT2D eigenvalue weighted by Gasteiger charge is -2.36. The van der Waals surface area contributed by atoms with E-state index < -0.39 is 0 Å². The molecule has 1 unspecified atom stereocenters. The number of hydrogen-bond acceptors (Lipinski definition) is 4. The number of ether oxygens (including phenoxy) is 1. The van der Waals surface area contributed by atoms with Gasteiger partial charge in [0.25, 0.3) is 5.91 Å². The van der Waals surface area contributed by atoms with Crippen LogP contribution >= 0.6 is 0 Å². The average molecular weight is 373 g/mol. The summed E-state index contributed by atoms with van der Waals surface area (Å²) in [6.45, 7) is 5.29. The van der Waals surface area contributed by atoms with E-state index in [1.165, 1.54) is 0 Å². The van der Waals surface area contributed by atoms with Crippen molar-refractivity contribution in [2.45, 2.75) is 26.2 Å². The summed E-state index contributed by atoms with van der Waals surface area (Å²) in [7, 11) is 0. The van der Waals surface area contributed by atoms with Gasteiger partial charge in [-0.2, -0.15) is 0 Å². The number of carbonyl (C=O) groups excluding carboxylic acids is 3. The van der Waals surface area contributed by atoms with Crippen molar-refractivity contribution in [3.63, 3.8) is 0 Å². The quantitative estimate of drug-likeness (QED) is 0.872. The number of piperidine rings is 1. The first-order chi connectivity index (χ1) is 13.1. The van der Waals surface area contributed by atoms with Gasteiger partial charge < -0.3 is 19.9 Å². The summed E-state index contributed by atoms with van der Waals surface area (Å²) in [5.74, 6) is -0.209. The van der Waals surface area contributed by atoms with Crippen LogP contribution in [-0.2, 0) is 14.3 Å². The third kappa shape index (κ3) is 4.86. The summed E-state index contributed by atoms with van der Waals surface area (Å²) >= 11 is 0. The van der Waals surface area contributed by atoms with Crippen LogP contribution in [0.5, 0.6) is 0 Å². The lowest BCUT2D eigenvalue weighted by atomic mass is 9.95. The van der Waals surface area contributed by atoms with E-state index in [4.69, 9.17) is 4.74 Å². The van der Waals surface area contributed by atoms with Gasteiger partial charge in [-0.3, -0.25) is 14.4 Å². The van der Waals surface area contributed by atoms with E-state index in [9.17, 15) is 14.4 Å². The number of benzene rings is 1. The third-order valence-corrected chi connectivity index (χ3v) is 5.09. The fourth-order valence-corrected chi connectivity index (χ4v) is 3.57. The molecule has 2 saturated heterocycles. The number of likely N-dealkylation sites (tertiary alicyclic amines) is 1. The Bertz CT molecular complexity index is 700. The lowest BCUT2D eigenvalue weighted by Crippen LogP contribution is -2.49. The molecule has 7 nitrogen and oxygen atoms in total. The van der Waals surface area contributed by atoms with E-state index in [0.717, 1.165) is 12.8 Å². The molecule has 0 radical (unpaired) electrons. The van der Waals surface area contributed by atoms with E-state index in [-0.39, 0.29) is 23.6 Å². The minimum atomic E-state index is -0.149. The summed E-state index contributed by atoms with van der Waals surface area (Å²) in [4.78, 5) is 40.9. The Morgan fingerprint density at radius 1 is 1.15 bits per heavy atom. The molecule has 0 saturated carbocycles. The smallest absolute Gasteiger partial charge is 0.253 e. The first-order valence-corrected chi connectivity index (χ1v) is 9.64. The average Bonchev–Trinajstić information content (AvgIpc) is 2.73. The molecule has 3 rings (SSSR count). The van der Waals surface area contributed by atoms with Gasteiger partial charge >= 0.3 is 0 Å². The van der Waals surface area contributed by atoms with Gasteiger partial charge in [-0.05, 0) is 31.0 Å². The van der Waals surface area contributed by atoms with Crippen LogP contribution in [-0.4, -0.2) is 66.9 Å². The number of hydrogen-bond donors (Lipinski definition) is 1. The molecule has 146 valence electrons. The van der Waals surface area contributed by atoms with Crippen LogP contribution in [0, 0.1) is 5.92 Å². The number of rotatable bonds is 4. The predicted octanol–water partition coefficient (Wildman–Crippen LogP) is 1.75. The van der Waals surface area contributed by atoms with Crippen molar-refractivity contribution in [2.24, 2.45) is 5.92 Å². The molecule has 0 spiro atoms. The summed E-state index contributed by atoms with van der Waals surface area (Å²) < 4.78 is 5.31. The number of nitrogens with zero attached hydrogens (tertiary/aromatic N) is 2. The second kappa shape index (κ2) is 8.99. The number of amides is 3. The minimum absolute atomic E-state index is 0.0891. The monoisotopic (exact) mass is 373 g/mol. The van der Waals surface area contributed by atoms with Crippen molar-refractivity contribution in [1.82, 2.24) is 9.80 Å². The molecule has 0 bridgehead atoms. The minimum Gasteiger partial charge on any atom is -0.378 e. The lowest BCUT2D eigenvalue weighted by molar-refractivity contribution is -0.141. The summed E-state index contributed by atoms with van der Waals surface area (Å²) in [6.07, 6.45) is 2.01. The van der Waals surface area contributed by atoms with E-state index in [2.05, 4.69) is 5.32 Å². The fraction of sp³-hybridized carbons (Fsp3) is 0.550.